The topological polar surface area (TPSA) is 70.9 Å². The summed E-state index contributed by atoms with van der Waals surface area (Å²) >= 11 is 0. The summed E-state index contributed by atoms with van der Waals surface area (Å²) in [7, 11) is 0. The normalized spacial score (nSPS) is 10.7. The van der Waals surface area contributed by atoms with E-state index in [4.69, 9.17) is 5.73 Å². The fourth-order valence-electron chi connectivity index (χ4n) is 2.24. The van der Waals surface area contributed by atoms with Crippen molar-refractivity contribution in [2.24, 2.45) is 5.73 Å². The first-order valence-corrected chi connectivity index (χ1v) is 6.53. The zero-order valence-corrected chi connectivity index (χ0v) is 11.2. The molecule has 21 heavy (non-hydrogen) atoms. The number of aromatic amines is 1. The van der Waals surface area contributed by atoms with Crippen LogP contribution in [0.25, 0.3) is 10.9 Å². The number of fused-ring (bicyclic) bond motifs is 1. The summed E-state index contributed by atoms with van der Waals surface area (Å²) in [5.74, 6) is -1.38. The van der Waals surface area contributed by atoms with E-state index in [9.17, 15) is 9.18 Å². The summed E-state index contributed by atoms with van der Waals surface area (Å²) in [6.45, 7) is 0.574. The molecule has 4 nitrogen and oxygen atoms in total. The SMILES string of the molecule is NC(=O)c1cc(NCc2ccc3[nH]ccc3c2)ccc1F. The Bertz CT molecular complexity index is 810. The van der Waals surface area contributed by atoms with Crippen LogP contribution in [-0.2, 0) is 6.54 Å². The molecule has 1 aromatic heterocycles. The molecular weight excluding hydrogens is 269 g/mol. The molecule has 1 amide bonds. The minimum absolute atomic E-state index is 0.110. The van der Waals surface area contributed by atoms with E-state index in [1.54, 1.807) is 6.07 Å². The highest BCUT2D eigenvalue weighted by Gasteiger charge is 2.08. The lowest BCUT2D eigenvalue weighted by molar-refractivity contribution is 0.0996. The van der Waals surface area contributed by atoms with Crippen LogP contribution in [0.15, 0.2) is 48.7 Å². The second kappa shape index (κ2) is 5.28. The largest absolute Gasteiger partial charge is 0.381 e. The summed E-state index contributed by atoms with van der Waals surface area (Å²) in [4.78, 5) is 14.2. The van der Waals surface area contributed by atoms with Crippen LogP contribution in [0.4, 0.5) is 10.1 Å². The van der Waals surface area contributed by atoms with E-state index >= 15 is 0 Å². The molecule has 106 valence electrons. The number of nitrogens with two attached hydrogens (primary N) is 1. The quantitative estimate of drug-likeness (QED) is 0.688. The number of primary amides is 1. The lowest BCUT2D eigenvalue weighted by Gasteiger charge is -2.08. The van der Waals surface area contributed by atoms with Crippen molar-refractivity contribution in [3.05, 3.63) is 65.6 Å². The number of nitrogens with one attached hydrogen (secondary N) is 2. The van der Waals surface area contributed by atoms with Crippen LogP contribution in [0.3, 0.4) is 0 Å². The van der Waals surface area contributed by atoms with E-state index in [1.165, 1.54) is 12.1 Å². The Kier molecular flexibility index (Phi) is 3.31. The Balaban J connectivity index is 1.77. The molecule has 0 aliphatic carbocycles. The van der Waals surface area contributed by atoms with Crippen LogP contribution in [0, 0.1) is 5.82 Å². The molecule has 0 bridgehead atoms. The summed E-state index contributed by atoms with van der Waals surface area (Å²) in [5.41, 5.74) is 7.84. The maximum Gasteiger partial charge on any atom is 0.251 e. The standard InChI is InChI=1S/C16H14FN3O/c17-14-3-2-12(8-13(14)16(18)21)20-9-10-1-4-15-11(7-10)5-6-19-15/h1-8,19-20H,9H2,(H2,18,21). The number of hydrogen-bond donors (Lipinski definition) is 3. The fraction of sp³-hybridized carbons (Fsp3) is 0.0625. The van der Waals surface area contributed by atoms with Gasteiger partial charge in [0.25, 0.3) is 5.91 Å². The van der Waals surface area contributed by atoms with Gasteiger partial charge in [0.15, 0.2) is 0 Å². The Morgan fingerprint density at radius 2 is 2.05 bits per heavy atom. The maximum atomic E-state index is 13.4. The zero-order valence-electron chi connectivity index (χ0n) is 11.2. The van der Waals surface area contributed by atoms with Gasteiger partial charge in [-0.3, -0.25) is 4.79 Å². The number of carbonyl (C=O) groups is 1. The molecule has 0 atom stereocenters. The van der Waals surface area contributed by atoms with E-state index < -0.39 is 11.7 Å². The van der Waals surface area contributed by atoms with Gasteiger partial charge < -0.3 is 16.0 Å². The third-order valence-electron chi connectivity index (χ3n) is 3.35. The Morgan fingerprint density at radius 1 is 1.19 bits per heavy atom. The van der Waals surface area contributed by atoms with Gasteiger partial charge in [-0.25, -0.2) is 4.39 Å². The van der Waals surface area contributed by atoms with Crippen LogP contribution in [0.2, 0.25) is 0 Å². The summed E-state index contributed by atoms with van der Waals surface area (Å²) < 4.78 is 13.4. The van der Waals surface area contributed by atoms with E-state index in [1.807, 2.05) is 24.4 Å². The molecule has 4 N–H and O–H groups in total. The van der Waals surface area contributed by atoms with Crippen molar-refractivity contribution < 1.29 is 9.18 Å². The molecule has 0 spiro atoms. The Labute approximate surface area is 120 Å². The fourth-order valence-corrected chi connectivity index (χ4v) is 2.24. The number of halogens is 1. The average molecular weight is 283 g/mol. The molecule has 1 heterocycles. The Hall–Kier alpha value is -2.82. The average Bonchev–Trinajstić information content (AvgIpc) is 2.93. The molecule has 0 saturated carbocycles. The molecule has 3 rings (SSSR count). The van der Waals surface area contributed by atoms with E-state index in [0.29, 0.717) is 12.2 Å². The van der Waals surface area contributed by atoms with Crippen molar-refractivity contribution in [2.45, 2.75) is 6.54 Å². The monoisotopic (exact) mass is 283 g/mol. The second-order valence-corrected chi connectivity index (χ2v) is 4.81. The lowest BCUT2D eigenvalue weighted by Crippen LogP contribution is -2.13. The summed E-state index contributed by atoms with van der Waals surface area (Å²) in [6.07, 6.45) is 1.89. The third kappa shape index (κ3) is 2.72. The van der Waals surface area contributed by atoms with Gasteiger partial charge in [-0.15, -0.1) is 0 Å². The Morgan fingerprint density at radius 3 is 2.86 bits per heavy atom. The number of hydrogen-bond acceptors (Lipinski definition) is 2. The number of carbonyl (C=O) groups excluding carboxylic acids is 1. The van der Waals surface area contributed by atoms with Gasteiger partial charge in [0.05, 0.1) is 5.56 Å². The maximum absolute atomic E-state index is 13.4. The van der Waals surface area contributed by atoms with Gasteiger partial charge in [0.2, 0.25) is 0 Å². The summed E-state index contributed by atoms with van der Waals surface area (Å²) in [5, 5.41) is 4.29. The molecule has 2 aromatic carbocycles. The van der Waals surface area contributed by atoms with E-state index in [-0.39, 0.29) is 5.56 Å². The molecular formula is C16H14FN3O. The van der Waals surface area contributed by atoms with Gasteiger partial charge in [0, 0.05) is 23.9 Å². The van der Waals surface area contributed by atoms with Crippen molar-refractivity contribution in [3.8, 4) is 0 Å². The van der Waals surface area contributed by atoms with Gasteiger partial charge in [0.1, 0.15) is 5.82 Å². The smallest absolute Gasteiger partial charge is 0.251 e. The third-order valence-corrected chi connectivity index (χ3v) is 3.35. The number of amides is 1. The highest BCUT2D eigenvalue weighted by atomic mass is 19.1. The van der Waals surface area contributed by atoms with Gasteiger partial charge in [-0.1, -0.05) is 6.07 Å². The number of anilines is 1. The summed E-state index contributed by atoms with van der Waals surface area (Å²) in [6, 6.07) is 12.3. The van der Waals surface area contributed by atoms with Gasteiger partial charge in [-0.2, -0.15) is 0 Å². The minimum atomic E-state index is -0.773. The predicted octanol–water partition coefficient (Wildman–Crippen LogP) is 3.02. The number of benzene rings is 2. The zero-order chi connectivity index (χ0) is 14.8. The first kappa shape index (κ1) is 13.2. The van der Waals surface area contributed by atoms with Crippen LogP contribution in [-0.4, -0.2) is 10.9 Å². The molecule has 0 fully saturated rings. The highest BCUT2D eigenvalue weighted by molar-refractivity contribution is 5.94. The van der Waals surface area contributed by atoms with Crippen molar-refractivity contribution in [3.63, 3.8) is 0 Å². The number of aromatic nitrogens is 1. The molecule has 0 radical (unpaired) electrons. The molecule has 0 aliphatic rings. The minimum Gasteiger partial charge on any atom is -0.381 e. The van der Waals surface area contributed by atoms with E-state index in [0.717, 1.165) is 16.5 Å². The molecule has 0 saturated heterocycles. The first-order chi connectivity index (χ1) is 10.1. The lowest BCUT2D eigenvalue weighted by atomic mass is 10.1. The highest BCUT2D eigenvalue weighted by Crippen LogP contribution is 2.18. The van der Waals surface area contributed by atoms with Crippen molar-refractivity contribution >= 4 is 22.5 Å². The molecule has 0 unspecified atom stereocenters. The van der Waals surface area contributed by atoms with Crippen molar-refractivity contribution in [1.82, 2.24) is 4.98 Å². The predicted molar refractivity (Wildman–Crippen MR) is 80.5 cm³/mol. The first-order valence-electron chi connectivity index (χ1n) is 6.53. The molecule has 5 heteroatoms. The molecule has 3 aromatic rings. The van der Waals surface area contributed by atoms with Crippen molar-refractivity contribution in [1.29, 1.82) is 0 Å². The van der Waals surface area contributed by atoms with Gasteiger partial charge >= 0.3 is 0 Å². The number of rotatable bonds is 4. The van der Waals surface area contributed by atoms with Crippen LogP contribution in [0.5, 0.6) is 0 Å². The number of H-pyrrole nitrogens is 1. The van der Waals surface area contributed by atoms with Crippen LogP contribution in [0.1, 0.15) is 15.9 Å². The molecule has 0 aliphatic heterocycles. The van der Waals surface area contributed by atoms with Crippen LogP contribution >= 0.6 is 0 Å². The van der Waals surface area contributed by atoms with Crippen LogP contribution < -0.4 is 11.1 Å². The second-order valence-electron chi connectivity index (χ2n) is 4.81. The van der Waals surface area contributed by atoms with E-state index in [2.05, 4.69) is 16.4 Å². The van der Waals surface area contributed by atoms with Crippen molar-refractivity contribution in [2.75, 3.05) is 5.32 Å². The van der Waals surface area contributed by atoms with Gasteiger partial charge in [-0.05, 0) is 47.3 Å².